The zero-order valence-electron chi connectivity index (χ0n) is 13.5. The second-order valence-electron chi connectivity index (χ2n) is 6.59. The molecular formula is C18H22FNO3. The van der Waals surface area contributed by atoms with E-state index in [-0.39, 0.29) is 29.4 Å². The quantitative estimate of drug-likeness (QED) is 0.930. The van der Waals surface area contributed by atoms with Gasteiger partial charge in [0, 0.05) is 18.0 Å². The molecule has 1 fully saturated rings. The molecule has 3 rings (SSSR count). The Hall–Kier alpha value is -1.88. The molecule has 0 saturated carbocycles. The third kappa shape index (κ3) is 3.72. The molecule has 0 aliphatic carbocycles. The number of hydrogen-bond acceptors (Lipinski definition) is 3. The molecule has 1 amide bonds. The number of furan rings is 1. The smallest absolute Gasteiger partial charge is 0.287 e. The Bertz CT molecular complexity index is 695. The average molecular weight is 319 g/mol. The van der Waals surface area contributed by atoms with E-state index in [1.807, 2.05) is 0 Å². The highest BCUT2D eigenvalue weighted by atomic mass is 19.1. The standard InChI is InChI=1S/C18H22FNO3/c1-11(2)8-14-10-13(6-7-22-14)20-18(21)16-9-12-4-3-5-15(19)17(12)23-16/h3-5,9,11,13-14H,6-8,10H2,1-2H3,(H,20,21)/t13-,14-/m0/s1. The van der Waals surface area contributed by atoms with Crippen molar-refractivity contribution in [3.63, 3.8) is 0 Å². The van der Waals surface area contributed by atoms with E-state index in [1.165, 1.54) is 6.07 Å². The lowest BCUT2D eigenvalue weighted by Gasteiger charge is -2.30. The first-order chi connectivity index (χ1) is 11.0. The molecule has 5 heteroatoms. The minimum Gasteiger partial charge on any atom is -0.448 e. The minimum atomic E-state index is -0.454. The zero-order chi connectivity index (χ0) is 16.4. The van der Waals surface area contributed by atoms with Crippen molar-refractivity contribution >= 4 is 16.9 Å². The third-order valence-corrected chi connectivity index (χ3v) is 4.16. The number of para-hydroxylation sites is 1. The van der Waals surface area contributed by atoms with Gasteiger partial charge in [-0.2, -0.15) is 0 Å². The number of nitrogens with one attached hydrogen (secondary N) is 1. The van der Waals surface area contributed by atoms with Crippen molar-refractivity contribution < 1.29 is 18.3 Å². The third-order valence-electron chi connectivity index (χ3n) is 4.16. The number of carbonyl (C=O) groups is 1. The van der Waals surface area contributed by atoms with Crippen molar-refractivity contribution in [2.45, 2.75) is 45.3 Å². The highest BCUT2D eigenvalue weighted by Gasteiger charge is 2.26. The van der Waals surface area contributed by atoms with Gasteiger partial charge in [-0.3, -0.25) is 4.79 Å². The topological polar surface area (TPSA) is 51.5 Å². The summed E-state index contributed by atoms with van der Waals surface area (Å²) in [4.78, 5) is 12.4. The predicted molar refractivity (Wildman–Crippen MR) is 85.9 cm³/mol. The van der Waals surface area contributed by atoms with Crippen molar-refractivity contribution in [1.29, 1.82) is 0 Å². The maximum absolute atomic E-state index is 13.7. The van der Waals surface area contributed by atoms with Gasteiger partial charge >= 0.3 is 0 Å². The van der Waals surface area contributed by atoms with E-state index in [1.54, 1.807) is 18.2 Å². The van der Waals surface area contributed by atoms with Gasteiger partial charge in [0.2, 0.25) is 0 Å². The van der Waals surface area contributed by atoms with E-state index in [4.69, 9.17) is 9.15 Å². The molecule has 2 atom stereocenters. The van der Waals surface area contributed by atoms with Crippen molar-refractivity contribution in [2.75, 3.05) is 6.61 Å². The van der Waals surface area contributed by atoms with Gasteiger partial charge in [0.25, 0.3) is 5.91 Å². The minimum absolute atomic E-state index is 0.0676. The first kappa shape index (κ1) is 16.0. The second kappa shape index (κ2) is 6.71. The summed E-state index contributed by atoms with van der Waals surface area (Å²) in [7, 11) is 0. The van der Waals surface area contributed by atoms with E-state index < -0.39 is 5.82 Å². The molecule has 0 spiro atoms. The number of halogens is 1. The summed E-state index contributed by atoms with van der Waals surface area (Å²) in [6, 6.07) is 6.30. The van der Waals surface area contributed by atoms with E-state index in [0.717, 1.165) is 19.3 Å². The molecule has 4 nitrogen and oxygen atoms in total. The van der Waals surface area contributed by atoms with Gasteiger partial charge in [-0.05, 0) is 37.3 Å². The van der Waals surface area contributed by atoms with Gasteiger partial charge < -0.3 is 14.5 Å². The number of amides is 1. The maximum Gasteiger partial charge on any atom is 0.287 e. The van der Waals surface area contributed by atoms with E-state index in [9.17, 15) is 9.18 Å². The summed E-state index contributed by atoms with van der Waals surface area (Å²) in [6.07, 6.45) is 2.76. The van der Waals surface area contributed by atoms with Gasteiger partial charge in [-0.25, -0.2) is 4.39 Å². The lowest BCUT2D eigenvalue weighted by atomic mass is 9.96. The molecule has 1 aromatic heterocycles. The molecule has 2 heterocycles. The summed E-state index contributed by atoms with van der Waals surface area (Å²) in [5.41, 5.74) is 0.127. The number of benzene rings is 1. The van der Waals surface area contributed by atoms with Crippen LogP contribution < -0.4 is 5.32 Å². The Kier molecular flexibility index (Phi) is 4.66. The molecule has 23 heavy (non-hydrogen) atoms. The Morgan fingerprint density at radius 1 is 1.43 bits per heavy atom. The number of hydrogen-bond donors (Lipinski definition) is 1. The Balaban J connectivity index is 1.67. The van der Waals surface area contributed by atoms with E-state index in [2.05, 4.69) is 19.2 Å². The second-order valence-corrected chi connectivity index (χ2v) is 6.59. The lowest BCUT2D eigenvalue weighted by Crippen LogP contribution is -2.42. The molecule has 1 aliphatic heterocycles. The lowest BCUT2D eigenvalue weighted by molar-refractivity contribution is -0.00861. The first-order valence-corrected chi connectivity index (χ1v) is 8.13. The molecule has 0 radical (unpaired) electrons. The van der Waals surface area contributed by atoms with Crippen LogP contribution in [-0.2, 0) is 4.74 Å². The first-order valence-electron chi connectivity index (χ1n) is 8.13. The van der Waals surface area contributed by atoms with E-state index in [0.29, 0.717) is 17.9 Å². The summed E-state index contributed by atoms with van der Waals surface area (Å²) in [6.45, 7) is 4.97. The zero-order valence-corrected chi connectivity index (χ0v) is 13.5. The Morgan fingerprint density at radius 2 is 2.26 bits per heavy atom. The molecule has 1 aromatic carbocycles. The molecule has 0 unspecified atom stereocenters. The summed E-state index contributed by atoms with van der Waals surface area (Å²) in [5.74, 6) is -0.0368. The van der Waals surface area contributed by atoms with Crippen molar-refractivity contribution in [1.82, 2.24) is 5.32 Å². The van der Waals surface area contributed by atoms with Crippen LogP contribution in [0.3, 0.4) is 0 Å². The van der Waals surface area contributed by atoms with Gasteiger partial charge in [0.15, 0.2) is 17.2 Å². The highest BCUT2D eigenvalue weighted by Crippen LogP contribution is 2.23. The number of fused-ring (bicyclic) bond motifs is 1. The molecule has 124 valence electrons. The highest BCUT2D eigenvalue weighted by molar-refractivity contribution is 5.96. The van der Waals surface area contributed by atoms with Crippen LogP contribution in [0.2, 0.25) is 0 Å². The monoisotopic (exact) mass is 319 g/mol. The van der Waals surface area contributed by atoms with Crippen LogP contribution in [-0.4, -0.2) is 24.7 Å². The van der Waals surface area contributed by atoms with Crippen LogP contribution >= 0.6 is 0 Å². The van der Waals surface area contributed by atoms with Gasteiger partial charge in [0.05, 0.1) is 6.10 Å². The summed E-state index contributed by atoms with van der Waals surface area (Å²) in [5, 5.41) is 3.58. The van der Waals surface area contributed by atoms with Crippen LogP contribution in [0.15, 0.2) is 28.7 Å². The summed E-state index contributed by atoms with van der Waals surface area (Å²) >= 11 is 0. The fraction of sp³-hybridized carbons (Fsp3) is 0.500. The van der Waals surface area contributed by atoms with Gasteiger partial charge in [-0.15, -0.1) is 0 Å². The Labute approximate surface area is 135 Å². The van der Waals surface area contributed by atoms with Crippen LogP contribution in [0.4, 0.5) is 4.39 Å². The number of rotatable bonds is 4. The fourth-order valence-corrected chi connectivity index (χ4v) is 3.10. The van der Waals surface area contributed by atoms with Crippen molar-refractivity contribution in [3.8, 4) is 0 Å². The van der Waals surface area contributed by atoms with Crippen molar-refractivity contribution in [3.05, 3.63) is 35.8 Å². The van der Waals surface area contributed by atoms with E-state index >= 15 is 0 Å². The van der Waals surface area contributed by atoms with Crippen molar-refractivity contribution in [2.24, 2.45) is 5.92 Å². The summed E-state index contributed by atoms with van der Waals surface area (Å²) < 4.78 is 24.8. The normalized spacial score (nSPS) is 21.7. The molecule has 2 aromatic rings. The predicted octanol–water partition coefficient (Wildman–Crippen LogP) is 3.90. The SMILES string of the molecule is CC(C)C[C@H]1C[C@@H](NC(=O)c2cc3cccc(F)c3o2)CCO1. The largest absolute Gasteiger partial charge is 0.448 e. The number of ether oxygens (including phenoxy) is 1. The van der Waals surface area contributed by atoms with Crippen LogP contribution in [0.1, 0.15) is 43.7 Å². The van der Waals surface area contributed by atoms with Crippen LogP contribution in [0, 0.1) is 11.7 Å². The van der Waals surface area contributed by atoms with Gasteiger partial charge in [-0.1, -0.05) is 26.0 Å². The average Bonchev–Trinajstić information content (AvgIpc) is 2.92. The number of carbonyl (C=O) groups excluding carboxylic acids is 1. The van der Waals surface area contributed by atoms with Gasteiger partial charge in [0.1, 0.15) is 0 Å². The molecule has 1 saturated heterocycles. The fourth-order valence-electron chi connectivity index (χ4n) is 3.10. The molecular weight excluding hydrogens is 297 g/mol. The Morgan fingerprint density at radius 3 is 3.00 bits per heavy atom. The van der Waals surface area contributed by atoms with Crippen LogP contribution in [0.5, 0.6) is 0 Å². The molecule has 0 bridgehead atoms. The molecule has 1 aliphatic rings. The molecule has 1 N–H and O–H groups in total. The maximum atomic E-state index is 13.7. The van der Waals surface area contributed by atoms with Crippen LogP contribution in [0.25, 0.3) is 11.0 Å².